The molecule has 4 saturated carbocycles. The molecule has 1 aliphatic heterocycles. The molecule has 5 fully saturated rings. The summed E-state index contributed by atoms with van der Waals surface area (Å²) >= 11 is 0. The van der Waals surface area contributed by atoms with Crippen molar-refractivity contribution in [2.24, 2.45) is 34.0 Å². The molecule has 5 aliphatic rings. The molecule has 0 radical (unpaired) electrons. The van der Waals surface area contributed by atoms with E-state index < -0.39 is 51.9 Å². The lowest BCUT2D eigenvalue weighted by molar-refractivity contribution is -0.272. The number of fused-ring (bicyclic) bond motifs is 1. The van der Waals surface area contributed by atoms with Crippen LogP contribution in [0, 0.1) is 34.0 Å². The van der Waals surface area contributed by atoms with Gasteiger partial charge in [0.2, 0.25) is 6.29 Å². The standard InChI is InChI=1S/C20H26O6/c1-10-8-18-9-19(10,25)7-4-11(18)20-6-3-5-17(2,15(23)26-16(20)24)13(20)12(18)14(21)22/h11-13,16,24-25H,1,3-9H2,2H3,(H,21,22). The number of carbonyl (C=O) groups is 2. The zero-order valence-corrected chi connectivity index (χ0v) is 15.0. The molecule has 6 heteroatoms. The second-order valence-corrected chi connectivity index (χ2v) is 9.75. The van der Waals surface area contributed by atoms with Gasteiger partial charge in [0.15, 0.2) is 0 Å². The average molecular weight is 362 g/mol. The first-order valence-corrected chi connectivity index (χ1v) is 9.64. The lowest BCUT2D eigenvalue weighted by atomic mass is 9.50. The van der Waals surface area contributed by atoms with E-state index in [2.05, 4.69) is 6.58 Å². The van der Waals surface area contributed by atoms with E-state index in [1.54, 1.807) is 0 Å². The van der Waals surface area contributed by atoms with Crippen molar-refractivity contribution in [3.05, 3.63) is 12.2 Å². The molecule has 0 aromatic rings. The largest absolute Gasteiger partial charge is 0.481 e. The molecule has 4 aliphatic carbocycles. The van der Waals surface area contributed by atoms with Gasteiger partial charge >= 0.3 is 11.9 Å². The van der Waals surface area contributed by atoms with E-state index in [1.807, 2.05) is 6.92 Å². The van der Waals surface area contributed by atoms with Gasteiger partial charge in [0, 0.05) is 11.3 Å². The number of hydrogen-bond acceptors (Lipinski definition) is 5. The van der Waals surface area contributed by atoms with E-state index in [1.165, 1.54) is 0 Å². The highest BCUT2D eigenvalue weighted by Crippen LogP contribution is 2.80. The molecule has 8 atom stereocenters. The summed E-state index contributed by atoms with van der Waals surface area (Å²) in [6.45, 7) is 5.88. The first kappa shape index (κ1) is 16.8. The number of aliphatic hydroxyl groups is 2. The molecule has 6 nitrogen and oxygen atoms in total. The molecule has 0 amide bonds. The minimum atomic E-state index is -1.26. The number of aliphatic carboxylic acids is 1. The van der Waals surface area contributed by atoms with Gasteiger partial charge < -0.3 is 20.1 Å². The molecule has 0 aromatic carbocycles. The number of rotatable bonds is 1. The zero-order chi connectivity index (χ0) is 18.7. The van der Waals surface area contributed by atoms with E-state index in [9.17, 15) is 24.9 Å². The second kappa shape index (κ2) is 4.53. The van der Waals surface area contributed by atoms with Crippen LogP contribution in [0.2, 0.25) is 0 Å². The fraction of sp³-hybridized carbons (Fsp3) is 0.800. The lowest BCUT2D eigenvalue weighted by Gasteiger charge is -2.57. The Morgan fingerprint density at radius 2 is 2.04 bits per heavy atom. The predicted octanol–water partition coefficient (Wildman–Crippen LogP) is 1.85. The van der Waals surface area contributed by atoms with Crippen molar-refractivity contribution in [2.45, 2.75) is 63.8 Å². The zero-order valence-electron chi connectivity index (χ0n) is 15.0. The molecular weight excluding hydrogens is 336 g/mol. The van der Waals surface area contributed by atoms with Crippen LogP contribution >= 0.6 is 0 Å². The van der Waals surface area contributed by atoms with Crippen molar-refractivity contribution in [2.75, 3.05) is 0 Å². The summed E-state index contributed by atoms with van der Waals surface area (Å²) in [5.41, 5.74) is -2.58. The molecular formula is C20H26O6. The number of carboxylic acids is 1. The Morgan fingerprint density at radius 1 is 1.31 bits per heavy atom. The molecule has 1 saturated heterocycles. The Bertz CT molecular complexity index is 747. The summed E-state index contributed by atoms with van der Waals surface area (Å²) in [5, 5.41) is 32.2. The fourth-order valence-electron chi connectivity index (χ4n) is 8.20. The number of hydrogen-bond donors (Lipinski definition) is 3. The summed E-state index contributed by atoms with van der Waals surface area (Å²) in [6, 6.07) is 0. The minimum Gasteiger partial charge on any atom is -0.481 e. The fourth-order valence-corrected chi connectivity index (χ4v) is 8.20. The Morgan fingerprint density at radius 3 is 2.73 bits per heavy atom. The smallest absolute Gasteiger partial charge is 0.314 e. The Hall–Kier alpha value is -1.40. The lowest BCUT2D eigenvalue weighted by Crippen LogP contribution is -2.62. The van der Waals surface area contributed by atoms with Crippen molar-refractivity contribution < 1.29 is 29.6 Å². The van der Waals surface area contributed by atoms with Crippen LogP contribution in [0.4, 0.5) is 0 Å². The van der Waals surface area contributed by atoms with E-state index in [0.717, 1.165) is 6.42 Å². The third-order valence-corrected chi connectivity index (χ3v) is 8.95. The van der Waals surface area contributed by atoms with Gasteiger partial charge in [-0.1, -0.05) is 13.0 Å². The third-order valence-electron chi connectivity index (χ3n) is 8.95. The summed E-state index contributed by atoms with van der Waals surface area (Å²) in [6.07, 6.45) is 2.78. The van der Waals surface area contributed by atoms with Gasteiger partial charge in [-0.05, 0) is 62.4 Å². The topological polar surface area (TPSA) is 104 Å². The van der Waals surface area contributed by atoms with Gasteiger partial charge in [-0.3, -0.25) is 9.59 Å². The molecule has 1 heterocycles. The van der Waals surface area contributed by atoms with Crippen LogP contribution < -0.4 is 0 Å². The monoisotopic (exact) mass is 362 g/mol. The van der Waals surface area contributed by atoms with Crippen molar-refractivity contribution >= 4 is 11.9 Å². The van der Waals surface area contributed by atoms with Gasteiger partial charge in [-0.25, -0.2) is 0 Å². The van der Waals surface area contributed by atoms with E-state index in [0.29, 0.717) is 44.1 Å². The van der Waals surface area contributed by atoms with Crippen LogP contribution in [0.3, 0.4) is 0 Å². The molecule has 1 spiro atoms. The minimum absolute atomic E-state index is 0.0802. The number of carbonyl (C=O) groups excluding carboxylic acids is 1. The average Bonchev–Trinajstić information content (AvgIpc) is 2.92. The van der Waals surface area contributed by atoms with Crippen LogP contribution in [-0.2, 0) is 14.3 Å². The van der Waals surface area contributed by atoms with Gasteiger partial charge in [0.1, 0.15) is 0 Å². The SMILES string of the molecule is C=C1CC23CC1(O)CCC2C12CCCC(C)(C(=O)OC1O)C2C3C(=O)O. The van der Waals surface area contributed by atoms with Crippen LogP contribution in [0.15, 0.2) is 12.2 Å². The maximum Gasteiger partial charge on any atom is 0.314 e. The maximum atomic E-state index is 12.7. The van der Waals surface area contributed by atoms with E-state index in [4.69, 9.17) is 4.74 Å². The van der Waals surface area contributed by atoms with Gasteiger partial charge in [-0.15, -0.1) is 0 Å². The first-order valence-electron chi connectivity index (χ1n) is 9.64. The second-order valence-electron chi connectivity index (χ2n) is 9.75. The summed E-state index contributed by atoms with van der Waals surface area (Å²) in [7, 11) is 0. The number of carboxylic acid groups (broad SMARTS) is 1. The summed E-state index contributed by atoms with van der Waals surface area (Å²) < 4.78 is 5.43. The highest BCUT2D eigenvalue weighted by Gasteiger charge is 2.81. The van der Waals surface area contributed by atoms with Crippen LogP contribution in [-0.4, -0.2) is 39.1 Å². The van der Waals surface area contributed by atoms with E-state index >= 15 is 0 Å². The summed E-state index contributed by atoms with van der Waals surface area (Å²) in [4.78, 5) is 25.3. The highest BCUT2D eigenvalue weighted by molar-refractivity contribution is 5.82. The Balaban J connectivity index is 1.78. The van der Waals surface area contributed by atoms with Crippen LogP contribution in [0.5, 0.6) is 0 Å². The predicted molar refractivity (Wildman–Crippen MR) is 89.6 cm³/mol. The van der Waals surface area contributed by atoms with Crippen molar-refractivity contribution in [3.8, 4) is 0 Å². The molecule has 142 valence electrons. The molecule has 26 heavy (non-hydrogen) atoms. The van der Waals surface area contributed by atoms with Gasteiger partial charge in [0.05, 0.1) is 16.9 Å². The number of aliphatic hydroxyl groups excluding tert-OH is 1. The third kappa shape index (κ3) is 1.51. The molecule has 3 N–H and O–H groups in total. The Kier molecular flexibility index (Phi) is 2.92. The van der Waals surface area contributed by atoms with Crippen LogP contribution in [0.25, 0.3) is 0 Å². The Labute approximate surface area is 152 Å². The summed E-state index contributed by atoms with van der Waals surface area (Å²) in [5.74, 6) is -2.71. The number of ether oxygens (including phenoxy) is 1. The van der Waals surface area contributed by atoms with Crippen molar-refractivity contribution in [1.82, 2.24) is 0 Å². The first-order chi connectivity index (χ1) is 12.1. The van der Waals surface area contributed by atoms with E-state index in [-0.39, 0.29) is 5.92 Å². The van der Waals surface area contributed by atoms with Gasteiger partial charge in [-0.2, -0.15) is 0 Å². The van der Waals surface area contributed by atoms with Crippen molar-refractivity contribution in [1.29, 1.82) is 0 Å². The van der Waals surface area contributed by atoms with Crippen molar-refractivity contribution in [3.63, 3.8) is 0 Å². The number of cyclic esters (lactones) is 1. The maximum absolute atomic E-state index is 12.7. The normalized spacial score (nSPS) is 57.3. The molecule has 8 unspecified atom stereocenters. The molecule has 5 rings (SSSR count). The highest BCUT2D eigenvalue weighted by atomic mass is 16.6. The van der Waals surface area contributed by atoms with Crippen LogP contribution in [0.1, 0.15) is 51.9 Å². The molecule has 4 bridgehead atoms. The van der Waals surface area contributed by atoms with Gasteiger partial charge in [0.25, 0.3) is 0 Å². The quantitative estimate of drug-likeness (QED) is 0.486. The number of esters is 1. The molecule has 0 aromatic heterocycles.